The molecule has 0 radical (unpaired) electrons. The molecule has 0 aromatic heterocycles. The first-order valence-electron chi connectivity index (χ1n) is 3.43. The van der Waals surface area contributed by atoms with Gasteiger partial charge in [-0.05, 0) is 18.8 Å². The van der Waals surface area contributed by atoms with Crippen LogP contribution in [0.1, 0.15) is 12.8 Å². The van der Waals surface area contributed by atoms with Crippen LogP contribution >= 0.6 is 0 Å². The highest BCUT2D eigenvalue weighted by Gasteiger charge is 2.30. The van der Waals surface area contributed by atoms with Gasteiger partial charge in [-0.3, -0.25) is 0 Å². The summed E-state index contributed by atoms with van der Waals surface area (Å²) in [4.78, 5) is 10.1. The van der Waals surface area contributed by atoms with E-state index in [0.29, 0.717) is 12.5 Å². The zero-order valence-corrected chi connectivity index (χ0v) is 5.71. The van der Waals surface area contributed by atoms with E-state index in [-0.39, 0.29) is 6.04 Å². The van der Waals surface area contributed by atoms with Gasteiger partial charge in [0.25, 0.3) is 0 Å². The number of hydrogen-bond acceptors (Lipinski definition) is 2. The van der Waals surface area contributed by atoms with Gasteiger partial charge in [0.05, 0.1) is 0 Å². The molecule has 4 nitrogen and oxygen atoms in total. The Labute approximate surface area is 59.4 Å². The summed E-state index contributed by atoms with van der Waals surface area (Å²) in [6.45, 7) is 0.414. The third-order valence-corrected chi connectivity index (χ3v) is 1.75. The fourth-order valence-electron chi connectivity index (χ4n) is 1.03. The lowest BCUT2D eigenvalue weighted by Crippen LogP contribution is -2.40. The largest absolute Gasteiger partial charge is 0.465 e. The lowest BCUT2D eigenvalue weighted by molar-refractivity contribution is 0.188. The summed E-state index contributed by atoms with van der Waals surface area (Å²) in [5.74, 6) is 0.501. The standard InChI is InChI=1S/C6H12N2O2/c7-3-5(4-1-2-4)8-6(9)10/h4-5,8H,1-3,7H2,(H,9,10). The maximum atomic E-state index is 10.1. The summed E-state index contributed by atoms with van der Waals surface area (Å²) >= 11 is 0. The second-order valence-corrected chi connectivity index (χ2v) is 2.63. The molecule has 0 spiro atoms. The predicted octanol–water partition coefficient (Wildman–Crippen LogP) is -0.00870. The Morgan fingerprint density at radius 2 is 2.40 bits per heavy atom. The number of nitrogens with two attached hydrogens (primary N) is 1. The van der Waals surface area contributed by atoms with Crippen LogP contribution in [0.3, 0.4) is 0 Å². The average Bonchev–Trinajstić information content (AvgIpc) is 2.63. The Bertz CT molecular complexity index is 134. The molecule has 4 heteroatoms. The average molecular weight is 144 g/mol. The second-order valence-electron chi connectivity index (χ2n) is 2.63. The van der Waals surface area contributed by atoms with Crippen molar-refractivity contribution in [3.63, 3.8) is 0 Å². The molecule has 0 aromatic carbocycles. The smallest absolute Gasteiger partial charge is 0.404 e. The van der Waals surface area contributed by atoms with E-state index in [4.69, 9.17) is 10.8 Å². The first-order chi connectivity index (χ1) is 4.74. The van der Waals surface area contributed by atoms with Crippen LogP contribution in [0.4, 0.5) is 4.79 Å². The van der Waals surface area contributed by atoms with Crippen molar-refractivity contribution in [1.82, 2.24) is 5.32 Å². The first kappa shape index (κ1) is 7.34. The first-order valence-corrected chi connectivity index (χ1v) is 3.43. The molecule has 1 atom stereocenters. The topological polar surface area (TPSA) is 75.3 Å². The van der Waals surface area contributed by atoms with Gasteiger partial charge in [-0.15, -0.1) is 0 Å². The lowest BCUT2D eigenvalue weighted by atomic mass is 10.2. The predicted molar refractivity (Wildman–Crippen MR) is 36.7 cm³/mol. The molecule has 1 amide bonds. The van der Waals surface area contributed by atoms with Crippen molar-refractivity contribution in [3.05, 3.63) is 0 Å². The summed E-state index contributed by atoms with van der Waals surface area (Å²) in [5, 5.41) is 10.7. The molecule has 1 fully saturated rings. The molecule has 1 aliphatic rings. The minimum atomic E-state index is -0.970. The molecule has 1 saturated carbocycles. The Morgan fingerprint density at radius 1 is 1.80 bits per heavy atom. The Hall–Kier alpha value is -0.770. The minimum absolute atomic E-state index is 0.0162. The molecule has 0 bridgehead atoms. The van der Waals surface area contributed by atoms with Crippen LogP contribution in [0.15, 0.2) is 0 Å². The second kappa shape index (κ2) is 2.88. The van der Waals surface area contributed by atoms with Gasteiger partial charge >= 0.3 is 6.09 Å². The quantitative estimate of drug-likeness (QED) is 0.521. The van der Waals surface area contributed by atoms with Gasteiger partial charge < -0.3 is 16.2 Å². The summed E-state index contributed by atoms with van der Waals surface area (Å²) in [6.07, 6.45) is 1.26. The molecule has 1 rings (SSSR count). The van der Waals surface area contributed by atoms with Crippen LogP contribution in [0.25, 0.3) is 0 Å². The summed E-state index contributed by atoms with van der Waals surface area (Å²) in [7, 11) is 0. The van der Waals surface area contributed by atoms with Gasteiger partial charge in [0.1, 0.15) is 0 Å². The van der Waals surface area contributed by atoms with Crippen molar-refractivity contribution in [2.45, 2.75) is 18.9 Å². The number of amides is 1. The molecule has 1 unspecified atom stereocenters. The van der Waals surface area contributed by atoms with Gasteiger partial charge in [-0.2, -0.15) is 0 Å². The molecule has 10 heavy (non-hydrogen) atoms. The van der Waals surface area contributed by atoms with Crippen molar-refractivity contribution < 1.29 is 9.90 Å². The third-order valence-electron chi connectivity index (χ3n) is 1.75. The number of rotatable bonds is 3. The van der Waals surface area contributed by atoms with Gasteiger partial charge in [0.15, 0.2) is 0 Å². The number of nitrogens with one attached hydrogen (secondary N) is 1. The van der Waals surface area contributed by atoms with E-state index >= 15 is 0 Å². The fourth-order valence-corrected chi connectivity index (χ4v) is 1.03. The fraction of sp³-hybridized carbons (Fsp3) is 0.833. The van der Waals surface area contributed by atoms with Crippen molar-refractivity contribution >= 4 is 6.09 Å². The van der Waals surface area contributed by atoms with Gasteiger partial charge in [0, 0.05) is 12.6 Å². The summed E-state index contributed by atoms with van der Waals surface area (Å²) in [6, 6.07) is -0.0162. The molecule has 58 valence electrons. The highest BCUT2D eigenvalue weighted by Crippen LogP contribution is 2.31. The van der Waals surface area contributed by atoms with Gasteiger partial charge in [-0.1, -0.05) is 0 Å². The van der Waals surface area contributed by atoms with E-state index in [1.165, 1.54) is 0 Å². The highest BCUT2D eigenvalue weighted by atomic mass is 16.4. The van der Waals surface area contributed by atoms with Crippen LogP contribution in [-0.4, -0.2) is 23.8 Å². The summed E-state index contributed by atoms with van der Waals surface area (Å²) < 4.78 is 0. The van der Waals surface area contributed by atoms with Crippen molar-refractivity contribution in [1.29, 1.82) is 0 Å². The van der Waals surface area contributed by atoms with Crippen LogP contribution in [0.5, 0.6) is 0 Å². The third kappa shape index (κ3) is 1.88. The normalized spacial score (nSPS) is 20.1. The lowest BCUT2D eigenvalue weighted by Gasteiger charge is -2.12. The molecule has 0 aliphatic heterocycles. The molecule has 0 aromatic rings. The Balaban J connectivity index is 2.25. The van der Waals surface area contributed by atoms with E-state index in [0.717, 1.165) is 12.8 Å². The highest BCUT2D eigenvalue weighted by molar-refractivity contribution is 5.65. The summed E-state index contributed by atoms with van der Waals surface area (Å²) in [5.41, 5.74) is 5.34. The van der Waals surface area contributed by atoms with E-state index in [1.54, 1.807) is 0 Å². The van der Waals surface area contributed by atoms with Gasteiger partial charge in [0.2, 0.25) is 0 Å². The van der Waals surface area contributed by atoms with E-state index < -0.39 is 6.09 Å². The van der Waals surface area contributed by atoms with Gasteiger partial charge in [-0.25, -0.2) is 4.79 Å². The number of carbonyl (C=O) groups is 1. The molecule has 4 N–H and O–H groups in total. The van der Waals surface area contributed by atoms with Crippen LogP contribution < -0.4 is 11.1 Å². The van der Waals surface area contributed by atoms with E-state index in [2.05, 4.69) is 5.32 Å². The monoisotopic (exact) mass is 144 g/mol. The minimum Gasteiger partial charge on any atom is -0.465 e. The molecular formula is C6H12N2O2. The number of carboxylic acid groups (broad SMARTS) is 1. The zero-order valence-electron chi connectivity index (χ0n) is 5.71. The molecule has 0 saturated heterocycles. The molecule has 1 aliphatic carbocycles. The maximum Gasteiger partial charge on any atom is 0.404 e. The Kier molecular flexibility index (Phi) is 2.11. The SMILES string of the molecule is NCC(NC(=O)O)C1CC1. The van der Waals surface area contributed by atoms with Crippen LogP contribution in [0.2, 0.25) is 0 Å². The van der Waals surface area contributed by atoms with Crippen LogP contribution in [0, 0.1) is 5.92 Å². The molecule has 0 heterocycles. The van der Waals surface area contributed by atoms with Crippen molar-refractivity contribution in [3.8, 4) is 0 Å². The van der Waals surface area contributed by atoms with Crippen LogP contribution in [-0.2, 0) is 0 Å². The van der Waals surface area contributed by atoms with Crippen molar-refractivity contribution in [2.24, 2.45) is 11.7 Å². The molecular weight excluding hydrogens is 132 g/mol. The Morgan fingerprint density at radius 3 is 2.70 bits per heavy atom. The van der Waals surface area contributed by atoms with E-state index in [1.807, 2.05) is 0 Å². The number of hydrogen-bond donors (Lipinski definition) is 3. The zero-order chi connectivity index (χ0) is 7.56. The van der Waals surface area contributed by atoms with Crippen molar-refractivity contribution in [2.75, 3.05) is 6.54 Å². The van der Waals surface area contributed by atoms with E-state index in [9.17, 15) is 4.79 Å². The maximum absolute atomic E-state index is 10.1.